The van der Waals surface area contributed by atoms with E-state index in [9.17, 15) is 9.59 Å². The van der Waals surface area contributed by atoms with Crippen LogP contribution in [0, 0.1) is 5.41 Å². The van der Waals surface area contributed by atoms with Gasteiger partial charge in [0.05, 0.1) is 7.11 Å². The van der Waals surface area contributed by atoms with Gasteiger partial charge in [-0.15, -0.1) is 0 Å². The molecule has 1 spiro atoms. The van der Waals surface area contributed by atoms with Gasteiger partial charge in [-0.2, -0.15) is 0 Å². The third kappa shape index (κ3) is 9.12. The topological polar surface area (TPSA) is 79.9 Å². The molecule has 7 nitrogen and oxygen atoms in total. The van der Waals surface area contributed by atoms with E-state index in [-0.39, 0.29) is 12.0 Å². The Balaban J connectivity index is 1.38. The van der Waals surface area contributed by atoms with Crippen molar-refractivity contribution in [3.05, 3.63) is 35.9 Å². The maximum Gasteiger partial charge on any atom is 0.407 e. The van der Waals surface area contributed by atoms with Gasteiger partial charge in [0.1, 0.15) is 11.6 Å². The number of carbonyl (C=O) groups is 2. The standard InChI is InChI=1S/C28H45N3O4/c1-27(2,3)35-26(33)29-18-9-8-12-24(25(32)34-4)30-23-13-15-28(16-14-23)17-19-31(21-28)20-22-10-6-5-7-11-22/h5-7,10-11,23-24,30H,8-9,12-21H2,1-4H3,(H,29,33)/t23-,24-,28+/m1/s1. The lowest BCUT2D eigenvalue weighted by Crippen LogP contribution is -2.47. The highest BCUT2D eigenvalue weighted by atomic mass is 16.6. The largest absolute Gasteiger partial charge is 0.468 e. The highest BCUT2D eigenvalue weighted by molar-refractivity contribution is 5.75. The van der Waals surface area contributed by atoms with Crippen LogP contribution in [0.3, 0.4) is 0 Å². The number of carbonyl (C=O) groups excluding carboxylic acids is 2. The smallest absolute Gasteiger partial charge is 0.407 e. The van der Waals surface area contributed by atoms with Gasteiger partial charge >= 0.3 is 12.1 Å². The molecule has 196 valence electrons. The van der Waals surface area contributed by atoms with Crippen molar-refractivity contribution < 1.29 is 19.1 Å². The van der Waals surface area contributed by atoms with Crippen molar-refractivity contribution in [2.45, 2.75) is 96.4 Å². The maximum atomic E-state index is 12.4. The summed E-state index contributed by atoms with van der Waals surface area (Å²) in [6.45, 7) is 9.47. The molecule has 7 heteroatoms. The first-order chi connectivity index (χ1) is 16.7. The van der Waals surface area contributed by atoms with Gasteiger partial charge in [-0.25, -0.2) is 4.79 Å². The van der Waals surface area contributed by atoms with Crippen molar-refractivity contribution in [2.75, 3.05) is 26.7 Å². The zero-order chi connectivity index (χ0) is 25.3. The zero-order valence-corrected chi connectivity index (χ0v) is 22.1. The van der Waals surface area contributed by atoms with Crippen LogP contribution in [-0.2, 0) is 20.8 Å². The van der Waals surface area contributed by atoms with Gasteiger partial charge in [0.2, 0.25) is 0 Å². The van der Waals surface area contributed by atoms with Crippen LogP contribution < -0.4 is 10.6 Å². The lowest BCUT2D eigenvalue weighted by molar-refractivity contribution is -0.143. The van der Waals surface area contributed by atoms with Crippen molar-refractivity contribution >= 4 is 12.1 Å². The molecule has 0 radical (unpaired) electrons. The summed E-state index contributed by atoms with van der Waals surface area (Å²) in [5.74, 6) is -0.194. The second kappa shape index (κ2) is 12.7. The van der Waals surface area contributed by atoms with E-state index in [0.717, 1.165) is 32.2 Å². The van der Waals surface area contributed by atoms with Crippen LogP contribution >= 0.6 is 0 Å². The van der Waals surface area contributed by atoms with E-state index >= 15 is 0 Å². The third-order valence-electron chi connectivity index (χ3n) is 7.32. The van der Waals surface area contributed by atoms with Gasteiger partial charge in [-0.3, -0.25) is 9.69 Å². The van der Waals surface area contributed by atoms with E-state index in [1.807, 2.05) is 20.8 Å². The molecule has 2 N–H and O–H groups in total. The number of methoxy groups -OCH3 is 1. The summed E-state index contributed by atoms with van der Waals surface area (Å²) in [5.41, 5.74) is 1.32. The molecular weight excluding hydrogens is 442 g/mol. The predicted octanol–water partition coefficient (Wildman–Crippen LogP) is 4.65. The molecule has 3 rings (SSSR count). The Bertz CT molecular complexity index is 800. The summed E-state index contributed by atoms with van der Waals surface area (Å²) in [6.07, 6.45) is 7.83. The highest BCUT2D eigenvalue weighted by Crippen LogP contribution is 2.44. The first-order valence-electron chi connectivity index (χ1n) is 13.3. The molecule has 0 unspecified atom stereocenters. The number of ether oxygens (including phenoxy) is 2. The summed E-state index contributed by atoms with van der Waals surface area (Å²) in [4.78, 5) is 26.8. The van der Waals surface area contributed by atoms with E-state index in [4.69, 9.17) is 9.47 Å². The number of hydrogen-bond donors (Lipinski definition) is 2. The number of esters is 1. The molecule has 1 aliphatic carbocycles. The Labute approximate surface area is 211 Å². The fourth-order valence-corrected chi connectivity index (χ4v) is 5.48. The molecule has 1 aliphatic heterocycles. The van der Waals surface area contributed by atoms with Crippen LogP contribution in [0.1, 0.15) is 77.7 Å². The Morgan fingerprint density at radius 2 is 1.83 bits per heavy atom. The number of nitrogens with one attached hydrogen (secondary N) is 2. The van der Waals surface area contributed by atoms with E-state index in [1.54, 1.807) is 0 Å². The van der Waals surface area contributed by atoms with Gasteiger partial charge in [0, 0.05) is 25.7 Å². The second-order valence-corrected chi connectivity index (χ2v) is 11.4. The molecule has 2 aliphatic rings. The summed E-state index contributed by atoms with van der Waals surface area (Å²) < 4.78 is 10.3. The van der Waals surface area contributed by atoms with Gasteiger partial charge in [0.25, 0.3) is 0 Å². The van der Waals surface area contributed by atoms with Gasteiger partial charge < -0.3 is 20.1 Å². The minimum absolute atomic E-state index is 0.194. The van der Waals surface area contributed by atoms with Crippen molar-refractivity contribution in [3.63, 3.8) is 0 Å². The molecule has 0 bridgehead atoms. The fraction of sp³-hybridized carbons (Fsp3) is 0.714. The van der Waals surface area contributed by atoms with Crippen LogP contribution in [0.2, 0.25) is 0 Å². The van der Waals surface area contributed by atoms with Crippen molar-refractivity contribution in [3.8, 4) is 0 Å². The average Bonchev–Trinajstić information content (AvgIpc) is 3.20. The minimum atomic E-state index is -0.499. The number of hydrogen-bond acceptors (Lipinski definition) is 6. The van der Waals surface area contributed by atoms with Crippen LogP contribution in [-0.4, -0.2) is 61.4 Å². The van der Waals surface area contributed by atoms with Crippen molar-refractivity contribution in [1.82, 2.24) is 15.5 Å². The first kappa shape index (κ1) is 27.5. The number of unbranched alkanes of at least 4 members (excludes halogenated alkanes) is 1. The predicted molar refractivity (Wildman–Crippen MR) is 138 cm³/mol. The van der Waals surface area contributed by atoms with Crippen molar-refractivity contribution in [2.24, 2.45) is 5.41 Å². The summed E-state index contributed by atoms with van der Waals surface area (Å²) in [7, 11) is 1.46. The Morgan fingerprint density at radius 3 is 2.49 bits per heavy atom. The first-order valence-corrected chi connectivity index (χ1v) is 13.3. The number of amides is 1. The molecular formula is C28H45N3O4. The summed E-state index contributed by atoms with van der Waals surface area (Å²) in [5, 5.41) is 6.38. The molecule has 1 saturated heterocycles. The Kier molecular flexibility index (Phi) is 9.99. The van der Waals surface area contributed by atoms with E-state index in [0.29, 0.717) is 24.4 Å². The molecule has 1 aromatic carbocycles. The van der Waals surface area contributed by atoms with Gasteiger partial charge in [-0.05, 0) is 89.7 Å². The van der Waals surface area contributed by atoms with Crippen LogP contribution in [0.25, 0.3) is 0 Å². The van der Waals surface area contributed by atoms with E-state index in [2.05, 4.69) is 45.9 Å². The monoisotopic (exact) mass is 487 g/mol. The number of benzene rings is 1. The molecule has 1 amide bonds. The van der Waals surface area contributed by atoms with E-state index in [1.165, 1.54) is 45.0 Å². The highest BCUT2D eigenvalue weighted by Gasteiger charge is 2.41. The quantitative estimate of drug-likeness (QED) is 0.370. The Morgan fingerprint density at radius 1 is 1.11 bits per heavy atom. The molecule has 2 fully saturated rings. The maximum absolute atomic E-state index is 12.4. The Hall–Kier alpha value is -2.12. The zero-order valence-electron chi connectivity index (χ0n) is 22.1. The fourth-order valence-electron chi connectivity index (χ4n) is 5.48. The van der Waals surface area contributed by atoms with Crippen LogP contribution in [0.5, 0.6) is 0 Å². The van der Waals surface area contributed by atoms with Crippen LogP contribution in [0.4, 0.5) is 4.79 Å². The molecule has 0 aromatic heterocycles. The van der Waals surface area contributed by atoms with E-state index < -0.39 is 11.7 Å². The molecule has 1 atom stereocenters. The number of rotatable bonds is 10. The molecule has 1 saturated carbocycles. The third-order valence-corrected chi connectivity index (χ3v) is 7.32. The summed E-state index contributed by atoms with van der Waals surface area (Å²) in [6, 6.07) is 10.8. The molecule has 1 heterocycles. The molecule has 35 heavy (non-hydrogen) atoms. The summed E-state index contributed by atoms with van der Waals surface area (Å²) >= 11 is 0. The lowest BCUT2D eigenvalue weighted by Gasteiger charge is -2.38. The van der Waals surface area contributed by atoms with Crippen molar-refractivity contribution in [1.29, 1.82) is 0 Å². The van der Waals surface area contributed by atoms with Gasteiger partial charge in [-0.1, -0.05) is 30.3 Å². The number of alkyl carbamates (subject to hydrolysis) is 1. The second-order valence-electron chi connectivity index (χ2n) is 11.4. The molecule has 1 aromatic rings. The number of nitrogens with zero attached hydrogens (tertiary/aromatic N) is 1. The van der Waals surface area contributed by atoms with Gasteiger partial charge in [0.15, 0.2) is 0 Å². The average molecular weight is 488 g/mol. The number of likely N-dealkylation sites (tertiary alicyclic amines) is 1. The minimum Gasteiger partial charge on any atom is -0.468 e. The SMILES string of the molecule is COC(=O)[C@@H](CCCCNC(=O)OC(C)(C)C)N[C@H]1CC[C@]2(CCN(Cc3ccccc3)C2)CC1. The van der Waals surface area contributed by atoms with Crippen LogP contribution in [0.15, 0.2) is 30.3 Å². The lowest BCUT2D eigenvalue weighted by atomic mass is 9.72. The normalized spacial score (nSPS) is 23.7.